The Kier molecular flexibility index (Phi) is 5.07. The second-order valence-electron chi connectivity index (χ2n) is 5.78. The first kappa shape index (κ1) is 17.8. The largest absolute Gasteiger partial charge is 0.339 e. The number of rotatable bonds is 6. The van der Waals surface area contributed by atoms with E-state index in [-0.39, 0.29) is 12.3 Å². The van der Waals surface area contributed by atoms with Gasteiger partial charge in [-0.05, 0) is 30.3 Å². The summed E-state index contributed by atoms with van der Waals surface area (Å²) in [6.07, 6.45) is 5.06. The van der Waals surface area contributed by atoms with Crippen LogP contribution >= 0.6 is 11.6 Å². The molecule has 10 heteroatoms. The average Bonchev–Trinajstić information content (AvgIpc) is 3.39. The van der Waals surface area contributed by atoms with E-state index in [1.165, 1.54) is 12.7 Å². The van der Waals surface area contributed by atoms with Gasteiger partial charge in [-0.2, -0.15) is 10.1 Å². The second-order valence-corrected chi connectivity index (χ2v) is 6.21. The summed E-state index contributed by atoms with van der Waals surface area (Å²) in [7, 11) is 0. The highest BCUT2D eigenvalue weighted by Crippen LogP contribution is 2.24. The van der Waals surface area contributed by atoms with Crippen molar-refractivity contribution in [3.05, 3.63) is 66.2 Å². The molecule has 0 aliphatic carbocycles. The van der Waals surface area contributed by atoms with Crippen LogP contribution in [0.15, 0.2) is 59.8 Å². The summed E-state index contributed by atoms with van der Waals surface area (Å²) in [5.41, 5.74) is 1.80. The smallest absolute Gasteiger partial charge is 0.227 e. The van der Waals surface area contributed by atoms with Gasteiger partial charge in [0, 0.05) is 24.1 Å². The third-order valence-corrected chi connectivity index (χ3v) is 4.06. The minimum atomic E-state index is -0.221. The topological polar surface area (TPSA) is 112 Å². The maximum Gasteiger partial charge on any atom is 0.227 e. The van der Waals surface area contributed by atoms with E-state index >= 15 is 0 Å². The molecule has 140 valence electrons. The number of carbonyl (C=O) groups excluding carboxylic acids is 1. The summed E-state index contributed by atoms with van der Waals surface area (Å²) in [6.45, 7) is 0. The molecule has 4 aromatic rings. The molecule has 0 fully saturated rings. The Morgan fingerprint density at radius 3 is 2.96 bits per heavy atom. The van der Waals surface area contributed by atoms with E-state index < -0.39 is 0 Å². The fourth-order valence-corrected chi connectivity index (χ4v) is 2.70. The van der Waals surface area contributed by atoms with Crippen LogP contribution in [0.2, 0.25) is 5.02 Å². The first-order chi connectivity index (χ1) is 13.7. The van der Waals surface area contributed by atoms with Gasteiger partial charge in [-0.1, -0.05) is 22.8 Å². The minimum Gasteiger partial charge on any atom is -0.339 e. The highest BCUT2D eigenvalue weighted by atomic mass is 35.5. The van der Waals surface area contributed by atoms with Crippen molar-refractivity contribution in [1.29, 1.82) is 0 Å². The number of amides is 1. The first-order valence-electron chi connectivity index (χ1n) is 8.37. The molecule has 0 saturated carbocycles. The number of hydrogen-bond donors (Lipinski definition) is 1. The zero-order valence-electron chi connectivity index (χ0n) is 14.5. The average molecular weight is 396 g/mol. The fourth-order valence-electron chi connectivity index (χ4n) is 2.53. The van der Waals surface area contributed by atoms with Gasteiger partial charge in [-0.15, -0.1) is 0 Å². The summed E-state index contributed by atoms with van der Waals surface area (Å²) in [4.78, 5) is 24.7. The lowest BCUT2D eigenvalue weighted by atomic mass is 10.2. The van der Waals surface area contributed by atoms with E-state index in [1.54, 1.807) is 41.2 Å². The predicted octanol–water partition coefficient (Wildman–Crippen LogP) is 2.94. The molecule has 0 radical (unpaired) electrons. The van der Waals surface area contributed by atoms with Crippen molar-refractivity contribution in [2.75, 3.05) is 5.32 Å². The maximum absolute atomic E-state index is 12.4. The van der Waals surface area contributed by atoms with Gasteiger partial charge in [0.15, 0.2) is 0 Å². The summed E-state index contributed by atoms with van der Waals surface area (Å²) >= 11 is 6.06. The molecule has 1 amide bonds. The number of aromatic nitrogens is 6. The molecule has 1 aromatic carbocycles. The van der Waals surface area contributed by atoms with Crippen molar-refractivity contribution in [2.24, 2.45) is 0 Å². The number of hydrogen-bond acceptors (Lipinski definition) is 7. The van der Waals surface area contributed by atoms with E-state index in [1.807, 2.05) is 6.07 Å². The predicted molar refractivity (Wildman–Crippen MR) is 101 cm³/mol. The van der Waals surface area contributed by atoms with Gasteiger partial charge >= 0.3 is 0 Å². The zero-order valence-corrected chi connectivity index (χ0v) is 15.2. The Hall–Kier alpha value is -3.59. The molecule has 28 heavy (non-hydrogen) atoms. The van der Waals surface area contributed by atoms with Crippen molar-refractivity contribution in [3.8, 4) is 17.2 Å². The van der Waals surface area contributed by atoms with Crippen molar-refractivity contribution in [2.45, 2.75) is 12.8 Å². The highest BCUT2D eigenvalue weighted by molar-refractivity contribution is 6.31. The van der Waals surface area contributed by atoms with Crippen LogP contribution in [0.25, 0.3) is 17.2 Å². The van der Waals surface area contributed by atoms with Gasteiger partial charge in [0.2, 0.25) is 17.6 Å². The number of halogens is 1. The zero-order chi connectivity index (χ0) is 19.3. The maximum atomic E-state index is 12.4. The molecular formula is C18H14ClN7O2. The SMILES string of the molecule is O=C(CCc1nc(-c2ccccn2)no1)Nc1cc(Cl)ccc1-n1cncn1. The van der Waals surface area contributed by atoms with Crippen LogP contribution in [0.1, 0.15) is 12.3 Å². The number of anilines is 1. The number of benzene rings is 1. The summed E-state index contributed by atoms with van der Waals surface area (Å²) < 4.78 is 6.74. The number of aryl methyl sites for hydroxylation is 1. The van der Waals surface area contributed by atoms with Crippen LogP contribution in [0.5, 0.6) is 0 Å². The van der Waals surface area contributed by atoms with Crippen LogP contribution in [0, 0.1) is 0 Å². The van der Waals surface area contributed by atoms with Gasteiger partial charge in [0.1, 0.15) is 18.3 Å². The molecule has 3 heterocycles. The van der Waals surface area contributed by atoms with E-state index in [0.717, 1.165) is 0 Å². The van der Waals surface area contributed by atoms with Gasteiger partial charge in [0.05, 0.1) is 11.4 Å². The Balaban J connectivity index is 1.42. The minimum absolute atomic E-state index is 0.160. The van der Waals surface area contributed by atoms with Crippen LogP contribution in [-0.4, -0.2) is 35.8 Å². The lowest BCUT2D eigenvalue weighted by Crippen LogP contribution is -2.14. The Morgan fingerprint density at radius 1 is 1.25 bits per heavy atom. The molecule has 4 rings (SSSR count). The van der Waals surface area contributed by atoms with E-state index in [9.17, 15) is 4.79 Å². The fraction of sp³-hybridized carbons (Fsp3) is 0.111. The Labute approximate surface area is 164 Å². The molecular weight excluding hydrogens is 382 g/mol. The number of nitrogens with one attached hydrogen (secondary N) is 1. The van der Waals surface area contributed by atoms with Crippen LogP contribution in [-0.2, 0) is 11.2 Å². The van der Waals surface area contributed by atoms with Gasteiger partial charge in [-0.25, -0.2) is 9.67 Å². The second kappa shape index (κ2) is 7.97. The molecule has 0 spiro atoms. The molecule has 9 nitrogen and oxygen atoms in total. The third kappa shape index (κ3) is 4.04. The number of carbonyl (C=O) groups is 1. The van der Waals surface area contributed by atoms with Crippen molar-refractivity contribution in [1.82, 2.24) is 29.9 Å². The van der Waals surface area contributed by atoms with E-state index in [2.05, 4.69) is 30.5 Å². The number of nitrogens with zero attached hydrogens (tertiary/aromatic N) is 6. The first-order valence-corrected chi connectivity index (χ1v) is 8.75. The highest BCUT2D eigenvalue weighted by Gasteiger charge is 2.13. The number of pyridine rings is 1. The molecule has 0 atom stereocenters. The summed E-state index contributed by atoms with van der Waals surface area (Å²) in [5.74, 6) is 0.527. The van der Waals surface area contributed by atoms with Gasteiger partial charge in [0.25, 0.3) is 0 Å². The van der Waals surface area contributed by atoms with Crippen molar-refractivity contribution in [3.63, 3.8) is 0 Å². The summed E-state index contributed by atoms with van der Waals surface area (Å²) in [6, 6.07) is 10.5. The molecule has 0 unspecified atom stereocenters. The van der Waals surface area contributed by atoms with Crippen LogP contribution in [0.3, 0.4) is 0 Å². The molecule has 0 aliphatic heterocycles. The van der Waals surface area contributed by atoms with Crippen molar-refractivity contribution < 1.29 is 9.32 Å². The lowest BCUT2D eigenvalue weighted by molar-refractivity contribution is -0.116. The monoisotopic (exact) mass is 395 g/mol. The standard InChI is InChI=1S/C18H14ClN7O2/c19-12-4-5-15(26-11-20-10-22-26)14(9-12)23-16(27)6-7-17-24-18(25-28-17)13-3-1-2-8-21-13/h1-5,8-11H,6-7H2,(H,23,27). The molecule has 3 aromatic heterocycles. The van der Waals surface area contributed by atoms with Crippen molar-refractivity contribution >= 4 is 23.2 Å². The molecule has 0 bridgehead atoms. The molecule has 1 N–H and O–H groups in total. The molecule has 0 aliphatic rings. The Morgan fingerprint density at radius 2 is 2.18 bits per heavy atom. The lowest BCUT2D eigenvalue weighted by Gasteiger charge is -2.11. The van der Waals surface area contributed by atoms with Gasteiger partial charge < -0.3 is 9.84 Å². The summed E-state index contributed by atoms with van der Waals surface area (Å²) in [5, 5.41) is 11.3. The quantitative estimate of drug-likeness (QED) is 0.534. The van der Waals surface area contributed by atoms with Crippen LogP contribution in [0.4, 0.5) is 5.69 Å². The van der Waals surface area contributed by atoms with E-state index in [4.69, 9.17) is 16.1 Å². The van der Waals surface area contributed by atoms with Gasteiger partial charge in [-0.3, -0.25) is 9.78 Å². The Bertz CT molecular complexity index is 1080. The molecule has 0 saturated heterocycles. The normalized spacial score (nSPS) is 10.8. The third-order valence-electron chi connectivity index (χ3n) is 3.83. The van der Waals surface area contributed by atoms with E-state index in [0.29, 0.717) is 40.2 Å². The van der Waals surface area contributed by atoms with Crippen LogP contribution < -0.4 is 5.32 Å².